The largest absolute Gasteiger partial charge is 0.236 e. The number of rotatable bonds is 4. The molecule has 0 saturated carbocycles. The summed E-state index contributed by atoms with van der Waals surface area (Å²) in [6, 6.07) is 45.7. The van der Waals surface area contributed by atoms with Crippen LogP contribution in [0.25, 0.3) is 76.5 Å². The van der Waals surface area contributed by atoms with E-state index in [0.717, 1.165) is 32.6 Å². The van der Waals surface area contributed by atoms with Crippen molar-refractivity contribution in [3.05, 3.63) is 133 Å². The Morgan fingerprint density at radius 2 is 1.05 bits per heavy atom. The molecule has 8 rings (SSSR count). The van der Waals surface area contributed by atoms with Crippen molar-refractivity contribution in [2.75, 3.05) is 0 Å². The number of aromatic nitrogens is 4. The lowest BCUT2D eigenvalue weighted by Crippen LogP contribution is -2.00. The highest BCUT2D eigenvalue weighted by Crippen LogP contribution is 2.38. The Bertz CT molecular complexity index is 2140. The predicted molar refractivity (Wildman–Crippen MR) is 170 cm³/mol. The number of fused-ring (bicyclic) bond motifs is 4. The lowest BCUT2D eigenvalue weighted by atomic mass is 10.0. The van der Waals surface area contributed by atoms with E-state index >= 15 is 0 Å². The topological polar surface area (TPSA) is 51.6 Å². The van der Waals surface area contributed by atoms with E-state index in [1.165, 1.54) is 26.4 Å². The third-order valence-corrected chi connectivity index (χ3v) is 8.49. The van der Waals surface area contributed by atoms with Gasteiger partial charge < -0.3 is 0 Å². The minimum absolute atomic E-state index is 0.653. The molecule has 0 aliphatic heterocycles. The molecule has 4 nitrogen and oxygen atoms in total. The Morgan fingerprint density at radius 1 is 0.415 bits per heavy atom. The standard InChI is InChI=1S/C36H22N4S/c1-3-11-24(12-4-1)33-38-34(25-13-5-2-6-14-25)40-35(39-33)27-18-20-29-26(22-27)19-21-31-32(29)41-36(37-31)30-17-9-15-23-10-7-8-16-28(23)30/h1-22H. The Balaban J connectivity index is 1.26. The van der Waals surface area contributed by atoms with Crippen molar-refractivity contribution < 1.29 is 0 Å². The Kier molecular flexibility index (Phi) is 5.61. The van der Waals surface area contributed by atoms with Crippen LogP contribution >= 0.6 is 11.3 Å². The first-order chi connectivity index (χ1) is 20.3. The van der Waals surface area contributed by atoms with Gasteiger partial charge in [-0.3, -0.25) is 0 Å². The predicted octanol–water partition coefficient (Wildman–Crippen LogP) is 9.46. The Hall–Kier alpha value is -5.26. The molecule has 2 heterocycles. The maximum atomic E-state index is 5.04. The molecule has 0 N–H and O–H groups in total. The molecule has 0 amide bonds. The van der Waals surface area contributed by atoms with Gasteiger partial charge in [0, 0.05) is 27.6 Å². The summed E-state index contributed by atoms with van der Waals surface area (Å²) in [7, 11) is 0. The lowest BCUT2D eigenvalue weighted by molar-refractivity contribution is 1.07. The van der Waals surface area contributed by atoms with Crippen molar-refractivity contribution in [2.24, 2.45) is 0 Å². The van der Waals surface area contributed by atoms with E-state index in [4.69, 9.17) is 19.9 Å². The Labute approximate surface area is 240 Å². The number of hydrogen-bond donors (Lipinski definition) is 0. The first-order valence-corrected chi connectivity index (χ1v) is 14.3. The molecule has 0 aliphatic rings. The fourth-order valence-corrected chi connectivity index (χ4v) is 6.46. The number of thiazole rings is 1. The fraction of sp³-hybridized carbons (Fsp3) is 0. The van der Waals surface area contributed by atoms with Crippen molar-refractivity contribution in [1.29, 1.82) is 0 Å². The molecule has 192 valence electrons. The average Bonchev–Trinajstić information content (AvgIpc) is 3.50. The van der Waals surface area contributed by atoms with Gasteiger partial charge in [0.1, 0.15) is 5.01 Å². The van der Waals surface area contributed by atoms with E-state index in [-0.39, 0.29) is 0 Å². The zero-order valence-electron chi connectivity index (χ0n) is 21.9. The van der Waals surface area contributed by atoms with E-state index in [1.54, 1.807) is 11.3 Å². The highest BCUT2D eigenvalue weighted by atomic mass is 32.1. The molecule has 0 unspecified atom stereocenters. The van der Waals surface area contributed by atoms with Crippen molar-refractivity contribution in [2.45, 2.75) is 0 Å². The molecule has 0 bridgehead atoms. The number of hydrogen-bond acceptors (Lipinski definition) is 5. The van der Waals surface area contributed by atoms with Crippen molar-refractivity contribution in [1.82, 2.24) is 19.9 Å². The molecular weight excluding hydrogens is 520 g/mol. The van der Waals surface area contributed by atoms with Crippen LogP contribution < -0.4 is 0 Å². The van der Waals surface area contributed by atoms with Gasteiger partial charge in [0.15, 0.2) is 17.5 Å². The summed E-state index contributed by atoms with van der Waals surface area (Å²) in [5.74, 6) is 1.97. The van der Waals surface area contributed by atoms with Crippen LogP contribution in [-0.4, -0.2) is 19.9 Å². The molecule has 41 heavy (non-hydrogen) atoms. The average molecular weight is 543 g/mol. The summed E-state index contributed by atoms with van der Waals surface area (Å²) in [5, 5.41) is 5.78. The zero-order chi connectivity index (χ0) is 27.2. The van der Waals surface area contributed by atoms with Gasteiger partial charge in [-0.25, -0.2) is 19.9 Å². The van der Waals surface area contributed by atoms with Crippen LogP contribution in [0.4, 0.5) is 0 Å². The third kappa shape index (κ3) is 4.24. The number of benzene rings is 6. The summed E-state index contributed by atoms with van der Waals surface area (Å²) < 4.78 is 1.18. The van der Waals surface area contributed by atoms with Crippen LogP contribution in [0.2, 0.25) is 0 Å². The monoisotopic (exact) mass is 542 g/mol. The second kappa shape index (κ2) is 9.73. The van der Waals surface area contributed by atoms with Gasteiger partial charge in [-0.15, -0.1) is 11.3 Å². The highest BCUT2D eigenvalue weighted by Gasteiger charge is 2.15. The molecule has 0 radical (unpaired) electrons. The third-order valence-electron chi connectivity index (χ3n) is 7.35. The Morgan fingerprint density at radius 3 is 1.78 bits per heavy atom. The summed E-state index contributed by atoms with van der Waals surface area (Å²) in [5.41, 5.74) is 5.05. The van der Waals surface area contributed by atoms with E-state index in [9.17, 15) is 0 Å². The van der Waals surface area contributed by atoms with Crippen LogP contribution in [0.3, 0.4) is 0 Å². The maximum absolute atomic E-state index is 5.04. The zero-order valence-corrected chi connectivity index (χ0v) is 22.7. The molecule has 0 spiro atoms. The molecule has 2 aromatic heterocycles. The second-order valence-corrected chi connectivity index (χ2v) is 10.9. The molecule has 6 aromatic carbocycles. The van der Waals surface area contributed by atoms with E-state index in [1.807, 2.05) is 60.7 Å². The number of nitrogens with zero attached hydrogens (tertiary/aromatic N) is 4. The van der Waals surface area contributed by atoms with Gasteiger partial charge >= 0.3 is 0 Å². The summed E-state index contributed by atoms with van der Waals surface area (Å²) >= 11 is 1.74. The molecule has 0 aliphatic carbocycles. The summed E-state index contributed by atoms with van der Waals surface area (Å²) in [6.07, 6.45) is 0. The van der Waals surface area contributed by atoms with Gasteiger partial charge in [-0.05, 0) is 28.3 Å². The first kappa shape index (κ1) is 23.6. The minimum Gasteiger partial charge on any atom is -0.236 e. The van der Waals surface area contributed by atoms with Crippen LogP contribution in [0.1, 0.15) is 0 Å². The van der Waals surface area contributed by atoms with Gasteiger partial charge in [-0.1, -0.05) is 121 Å². The maximum Gasteiger partial charge on any atom is 0.164 e. The summed E-state index contributed by atoms with van der Waals surface area (Å²) in [6.45, 7) is 0. The van der Waals surface area contributed by atoms with Crippen LogP contribution in [0.15, 0.2) is 133 Å². The molecule has 0 fully saturated rings. The lowest BCUT2D eigenvalue weighted by Gasteiger charge is -2.09. The second-order valence-electron chi connectivity index (χ2n) is 9.93. The van der Waals surface area contributed by atoms with E-state index in [0.29, 0.717) is 17.5 Å². The van der Waals surface area contributed by atoms with Gasteiger partial charge in [-0.2, -0.15) is 0 Å². The smallest absolute Gasteiger partial charge is 0.164 e. The normalized spacial score (nSPS) is 11.4. The van der Waals surface area contributed by atoms with E-state index < -0.39 is 0 Å². The minimum atomic E-state index is 0.653. The molecule has 8 aromatic rings. The van der Waals surface area contributed by atoms with Crippen molar-refractivity contribution in [3.63, 3.8) is 0 Å². The van der Waals surface area contributed by atoms with E-state index in [2.05, 4.69) is 72.8 Å². The molecule has 0 saturated heterocycles. The molecular formula is C36H22N4S. The quantitative estimate of drug-likeness (QED) is 0.222. The first-order valence-electron chi connectivity index (χ1n) is 13.5. The molecule has 5 heteroatoms. The fourth-order valence-electron chi connectivity index (χ4n) is 5.32. The highest BCUT2D eigenvalue weighted by molar-refractivity contribution is 7.22. The van der Waals surface area contributed by atoms with Crippen molar-refractivity contribution >= 4 is 43.1 Å². The summed E-state index contributed by atoms with van der Waals surface area (Å²) in [4.78, 5) is 19.7. The SMILES string of the molecule is c1ccc(-c2nc(-c3ccccc3)nc(-c3ccc4c(ccc5nc(-c6cccc7ccccc67)sc54)c3)n2)cc1. The van der Waals surface area contributed by atoms with Gasteiger partial charge in [0.25, 0.3) is 0 Å². The van der Waals surface area contributed by atoms with Crippen LogP contribution in [-0.2, 0) is 0 Å². The van der Waals surface area contributed by atoms with Crippen molar-refractivity contribution in [3.8, 4) is 44.7 Å². The van der Waals surface area contributed by atoms with Crippen LogP contribution in [0, 0.1) is 0 Å². The van der Waals surface area contributed by atoms with Crippen LogP contribution in [0.5, 0.6) is 0 Å². The van der Waals surface area contributed by atoms with Gasteiger partial charge in [0.05, 0.1) is 10.2 Å². The van der Waals surface area contributed by atoms with Gasteiger partial charge in [0.2, 0.25) is 0 Å². The molecule has 0 atom stereocenters.